The molecule has 1 aromatic rings. The van der Waals surface area contributed by atoms with Crippen LogP contribution in [-0.2, 0) is 13.0 Å². The van der Waals surface area contributed by atoms with Gasteiger partial charge in [-0.25, -0.2) is 0 Å². The number of nitrogens with zero attached hydrogens (tertiary/aromatic N) is 2. The molecule has 120 valence electrons. The molecular weight excluding hydrogens is 258 g/mol. The molecule has 0 heterocycles. The van der Waals surface area contributed by atoms with Crippen LogP contribution in [0.3, 0.4) is 0 Å². The fraction of sp³-hybridized carbons (Fsp3) is 0.667. The predicted molar refractivity (Wildman–Crippen MR) is 92.8 cm³/mol. The molecule has 0 bridgehead atoms. The Morgan fingerprint density at radius 3 is 2.19 bits per heavy atom. The summed E-state index contributed by atoms with van der Waals surface area (Å²) in [5.41, 5.74) is 2.85. The highest BCUT2D eigenvalue weighted by molar-refractivity contribution is 5.22. The molecule has 0 unspecified atom stereocenters. The van der Waals surface area contributed by atoms with Gasteiger partial charge in [-0.1, -0.05) is 38.1 Å². The molecule has 0 saturated heterocycles. The number of hydrogen-bond acceptors (Lipinski definition) is 3. The highest BCUT2D eigenvalue weighted by Crippen LogP contribution is 2.08. The van der Waals surface area contributed by atoms with Gasteiger partial charge in [0.25, 0.3) is 0 Å². The maximum Gasteiger partial charge on any atom is 0.0233 e. The van der Waals surface area contributed by atoms with E-state index in [1.807, 2.05) is 0 Å². The summed E-state index contributed by atoms with van der Waals surface area (Å²) in [6, 6.07) is 9.13. The number of likely N-dealkylation sites (N-methyl/N-ethyl adjacent to an activating group) is 1. The first-order valence-electron chi connectivity index (χ1n) is 8.31. The van der Waals surface area contributed by atoms with Gasteiger partial charge in [0.05, 0.1) is 0 Å². The SMILES string of the molecule is CCNCCc1ccc(CN(CC)CCCN(C)C)cc1. The summed E-state index contributed by atoms with van der Waals surface area (Å²) in [5.74, 6) is 0. The molecule has 0 saturated carbocycles. The summed E-state index contributed by atoms with van der Waals surface area (Å²) in [4.78, 5) is 4.78. The van der Waals surface area contributed by atoms with Crippen molar-refractivity contribution in [2.75, 3.05) is 46.8 Å². The Hall–Kier alpha value is -0.900. The third kappa shape index (κ3) is 8.20. The second-order valence-electron chi connectivity index (χ2n) is 5.95. The Morgan fingerprint density at radius 1 is 0.952 bits per heavy atom. The Bertz CT molecular complexity index is 359. The molecule has 1 aromatic carbocycles. The highest BCUT2D eigenvalue weighted by atomic mass is 15.1. The molecule has 0 aliphatic carbocycles. The van der Waals surface area contributed by atoms with Gasteiger partial charge in [-0.15, -0.1) is 0 Å². The second-order valence-corrected chi connectivity index (χ2v) is 5.95. The van der Waals surface area contributed by atoms with Crippen molar-refractivity contribution in [2.24, 2.45) is 0 Å². The van der Waals surface area contributed by atoms with Crippen LogP contribution in [0, 0.1) is 0 Å². The van der Waals surface area contributed by atoms with E-state index in [2.05, 4.69) is 67.3 Å². The molecule has 0 aliphatic heterocycles. The minimum absolute atomic E-state index is 1.05. The quantitative estimate of drug-likeness (QED) is 0.632. The van der Waals surface area contributed by atoms with Gasteiger partial charge in [0.15, 0.2) is 0 Å². The molecule has 0 aliphatic rings. The van der Waals surface area contributed by atoms with Crippen molar-refractivity contribution < 1.29 is 0 Å². The van der Waals surface area contributed by atoms with Gasteiger partial charge in [-0.05, 0) is 70.8 Å². The van der Waals surface area contributed by atoms with Crippen molar-refractivity contribution in [3.05, 3.63) is 35.4 Å². The van der Waals surface area contributed by atoms with Gasteiger partial charge < -0.3 is 10.2 Å². The van der Waals surface area contributed by atoms with E-state index in [0.29, 0.717) is 0 Å². The molecule has 21 heavy (non-hydrogen) atoms. The Labute approximate surface area is 131 Å². The lowest BCUT2D eigenvalue weighted by molar-refractivity contribution is 0.259. The van der Waals surface area contributed by atoms with E-state index >= 15 is 0 Å². The monoisotopic (exact) mass is 291 g/mol. The van der Waals surface area contributed by atoms with Crippen molar-refractivity contribution >= 4 is 0 Å². The number of benzene rings is 1. The largest absolute Gasteiger partial charge is 0.317 e. The molecule has 3 heteroatoms. The first-order chi connectivity index (χ1) is 10.2. The Kier molecular flexibility index (Phi) is 9.31. The van der Waals surface area contributed by atoms with Gasteiger partial charge in [-0.3, -0.25) is 4.90 Å². The van der Waals surface area contributed by atoms with E-state index in [4.69, 9.17) is 0 Å². The van der Waals surface area contributed by atoms with Crippen LogP contribution in [-0.4, -0.2) is 56.6 Å². The number of rotatable bonds is 11. The Morgan fingerprint density at radius 2 is 1.62 bits per heavy atom. The van der Waals surface area contributed by atoms with E-state index < -0.39 is 0 Å². The Balaban J connectivity index is 2.37. The summed E-state index contributed by atoms with van der Waals surface area (Å²) in [6.07, 6.45) is 2.36. The van der Waals surface area contributed by atoms with Gasteiger partial charge in [0.2, 0.25) is 0 Å². The van der Waals surface area contributed by atoms with Crippen LogP contribution < -0.4 is 5.32 Å². The summed E-state index contributed by atoms with van der Waals surface area (Å²) >= 11 is 0. The van der Waals surface area contributed by atoms with Crippen molar-refractivity contribution in [1.29, 1.82) is 0 Å². The topological polar surface area (TPSA) is 18.5 Å². The molecule has 0 fully saturated rings. The van der Waals surface area contributed by atoms with Crippen LogP contribution in [0.4, 0.5) is 0 Å². The lowest BCUT2D eigenvalue weighted by atomic mass is 10.1. The molecule has 1 rings (SSSR count). The van der Waals surface area contributed by atoms with Gasteiger partial charge >= 0.3 is 0 Å². The zero-order chi connectivity index (χ0) is 15.5. The maximum atomic E-state index is 3.37. The van der Waals surface area contributed by atoms with Crippen molar-refractivity contribution in [3.8, 4) is 0 Å². The predicted octanol–water partition coefficient (Wildman–Crippen LogP) is 2.61. The van der Waals surface area contributed by atoms with Crippen LogP contribution in [0.1, 0.15) is 31.4 Å². The number of nitrogens with one attached hydrogen (secondary N) is 1. The summed E-state index contributed by atoms with van der Waals surface area (Å²) < 4.78 is 0. The molecule has 0 amide bonds. The maximum absolute atomic E-state index is 3.37. The van der Waals surface area contributed by atoms with Gasteiger partial charge in [0, 0.05) is 6.54 Å². The third-order valence-corrected chi connectivity index (χ3v) is 3.80. The van der Waals surface area contributed by atoms with Crippen molar-refractivity contribution in [2.45, 2.75) is 33.2 Å². The smallest absolute Gasteiger partial charge is 0.0233 e. The minimum Gasteiger partial charge on any atom is -0.317 e. The van der Waals surface area contributed by atoms with Gasteiger partial charge in [0.1, 0.15) is 0 Å². The highest BCUT2D eigenvalue weighted by Gasteiger charge is 2.04. The summed E-state index contributed by atoms with van der Waals surface area (Å²) in [6.45, 7) is 11.1. The fourth-order valence-corrected chi connectivity index (χ4v) is 2.44. The minimum atomic E-state index is 1.05. The van der Waals surface area contributed by atoms with E-state index in [0.717, 1.165) is 32.6 Å². The molecule has 0 spiro atoms. The van der Waals surface area contributed by atoms with E-state index in [-0.39, 0.29) is 0 Å². The zero-order valence-electron chi connectivity index (χ0n) is 14.4. The number of hydrogen-bond donors (Lipinski definition) is 1. The van der Waals surface area contributed by atoms with E-state index in [1.54, 1.807) is 0 Å². The first kappa shape index (κ1) is 18.1. The third-order valence-electron chi connectivity index (χ3n) is 3.80. The van der Waals surface area contributed by atoms with E-state index in [1.165, 1.54) is 30.6 Å². The van der Waals surface area contributed by atoms with E-state index in [9.17, 15) is 0 Å². The molecule has 0 atom stereocenters. The van der Waals surface area contributed by atoms with Crippen LogP contribution in [0.25, 0.3) is 0 Å². The molecule has 0 radical (unpaired) electrons. The van der Waals surface area contributed by atoms with Gasteiger partial charge in [-0.2, -0.15) is 0 Å². The average Bonchev–Trinajstić information content (AvgIpc) is 2.48. The summed E-state index contributed by atoms with van der Waals surface area (Å²) in [7, 11) is 4.28. The molecule has 0 aromatic heterocycles. The van der Waals surface area contributed by atoms with Crippen LogP contribution in [0.15, 0.2) is 24.3 Å². The zero-order valence-corrected chi connectivity index (χ0v) is 14.4. The van der Waals surface area contributed by atoms with Crippen LogP contribution in [0.2, 0.25) is 0 Å². The van der Waals surface area contributed by atoms with Crippen LogP contribution in [0.5, 0.6) is 0 Å². The first-order valence-corrected chi connectivity index (χ1v) is 8.31. The molecule has 3 nitrogen and oxygen atoms in total. The lowest BCUT2D eigenvalue weighted by Crippen LogP contribution is -2.26. The molecular formula is C18H33N3. The lowest BCUT2D eigenvalue weighted by Gasteiger charge is -2.21. The standard InChI is InChI=1S/C18H33N3/c1-5-19-13-12-17-8-10-18(11-9-17)16-21(6-2)15-7-14-20(3)4/h8-11,19H,5-7,12-16H2,1-4H3. The average molecular weight is 291 g/mol. The van der Waals surface area contributed by atoms with Crippen LogP contribution >= 0.6 is 0 Å². The fourth-order valence-electron chi connectivity index (χ4n) is 2.44. The molecule has 1 N–H and O–H groups in total. The second kappa shape index (κ2) is 10.8. The summed E-state index contributed by atoms with van der Waals surface area (Å²) in [5, 5.41) is 3.37. The van der Waals surface area contributed by atoms with Crippen molar-refractivity contribution in [1.82, 2.24) is 15.1 Å². The van der Waals surface area contributed by atoms with Crippen molar-refractivity contribution in [3.63, 3.8) is 0 Å². The normalized spacial score (nSPS) is 11.5.